The lowest BCUT2D eigenvalue weighted by Crippen LogP contribution is -2.34. The van der Waals surface area contributed by atoms with Gasteiger partial charge in [-0.2, -0.15) is 5.10 Å². The van der Waals surface area contributed by atoms with E-state index < -0.39 is 9.84 Å². The lowest BCUT2D eigenvalue weighted by atomic mass is 9.82. The Labute approximate surface area is 115 Å². The first-order valence-electron chi connectivity index (χ1n) is 6.77. The van der Waals surface area contributed by atoms with Crippen LogP contribution in [0, 0.1) is 5.92 Å². The summed E-state index contributed by atoms with van der Waals surface area (Å²) < 4.78 is 25.3. The Morgan fingerprint density at radius 2 is 2.21 bits per heavy atom. The molecule has 1 heterocycles. The summed E-state index contributed by atoms with van der Waals surface area (Å²) in [7, 11) is 0.888. The molecule has 1 saturated carbocycles. The van der Waals surface area contributed by atoms with E-state index in [4.69, 9.17) is 0 Å². The second-order valence-corrected chi connectivity index (χ2v) is 7.88. The van der Waals surface area contributed by atoms with Crippen LogP contribution in [0.4, 0.5) is 0 Å². The largest absolute Gasteiger partial charge is 0.311 e. The molecule has 19 heavy (non-hydrogen) atoms. The average molecular weight is 285 g/mol. The minimum Gasteiger partial charge on any atom is -0.311 e. The van der Waals surface area contributed by atoms with Crippen LogP contribution in [0.3, 0.4) is 0 Å². The molecule has 6 heteroatoms. The second kappa shape index (κ2) is 5.63. The van der Waals surface area contributed by atoms with Gasteiger partial charge in [0, 0.05) is 19.5 Å². The maximum Gasteiger partial charge on any atom is 0.150 e. The van der Waals surface area contributed by atoms with Gasteiger partial charge in [-0.25, -0.2) is 8.42 Å². The average Bonchev–Trinajstić information content (AvgIpc) is 2.76. The lowest BCUT2D eigenvalue weighted by molar-refractivity contribution is 0.278. The zero-order valence-corrected chi connectivity index (χ0v) is 12.7. The first-order valence-corrected chi connectivity index (χ1v) is 8.73. The van der Waals surface area contributed by atoms with Crippen LogP contribution in [0.5, 0.6) is 0 Å². The van der Waals surface area contributed by atoms with Crippen LogP contribution in [0.2, 0.25) is 0 Å². The van der Waals surface area contributed by atoms with E-state index in [9.17, 15) is 8.42 Å². The van der Waals surface area contributed by atoms with Crippen molar-refractivity contribution in [1.82, 2.24) is 15.1 Å². The Balaban J connectivity index is 2.15. The van der Waals surface area contributed by atoms with Gasteiger partial charge in [0.2, 0.25) is 0 Å². The fourth-order valence-corrected chi connectivity index (χ4v) is 4.29. The maximum absolute atomic E-state index is 11.7. The van der Waals surface area contributed by atoms with Gasteiger partial charge >= 0.3 is 0 Å². The highest BCUT2D eigenvalue weighted by molar-refractivity contribution is 7.91. The molecule has 0 radical (unpaired) electrons. The molecule has 0 aromatic carbocycles. The smallest absolute Gasteiger partial charge is 0.150 e. The highest BCUT2D eigenvalue weighted by Gasteiger charge is 2.33. The molecule has 0 spiro atoms. The fourth-order valence-electron chi connectivity index (χ4n) is 3.10. The van der Waals surface area contributed by atoms with E-state index in [1.165, 1.54) is 6.26 Å². The number of nitrogens with one attached hydrogen (secondary N) is 1. The van der Waals surface area contributed by atoms with E-state index in [2.05, 4.69) is 10.4 Å². The zero-order chi connectivity index (χ0) is 14.0. The molecule has 1 N–H and O–H groups in total. The summed E-state index contributed by atoms with van der Waals surface area (Å²) in [5, 5.41) is 7.56. The van der Waals surface area contributed by atoms with Crippen LogP contribution in [0.15, 0.2) is 12.3 Å². The lowest BCUT2D eigenvalue weighted by Gasteiger charge is -2.33. The molecule has 108 valence electrons. The molecular weight excluding hydrogens is 262 g/mol. The summed E-state index contributed by atoms with van der Waals surface area (Å²) in [6, 6.07) is 2.15. The van der Waals surface area contributed by atoms with E-state index in [1.807, 2.05) is 26.4 Å². The van der Waals surface area contributed by atoms with E-state index in [0.29, 0.717) is 5.92 Å². The number of hydrogen-bond donors (Lipinski definition) is 1. The predicted molar refractivity (Wildman–Crippen MR) is 75.6 cm³/mol. The Bertz CT molecular complexity index is 524. The molecule has 0 amide bonds. The van der Waals surface area contributed by atoms with Gasteiger partial charge in [-0.3, -0.25) is 4.68 Å². The van der Waals surface area contributed by atoms with Crippen molar-refractivity contribution < 1.29 is 8.42 Å². The van der Waals surface area contributed by atoms with Gasteiger partial charge in [-0.1, -0.05) is 6.42 Å². The van der Waals surface area contributed by atoms with Crippen molar-refractivity contribution in [3.8, 4) is 0 Å². The number of nitrogens with zero attached hydrogens (tertiary/aromatic N) is 2. The van der Waals surface area contributed by atoms with Gasteiger partial charge in [0.25, 0.3) is 0 Å². The SMILES string of the molecule is CNC(c1ccn(C)n1)C1CCCC(S(C)(=O)=O)C1. The van der Waals surface area contributed by atoms with Crippen molar-refractivity contribution in [3.05, 3.63) is 18.0 Å². The van der Waals surface area contributed by atoms with Gasteiger partial charge in [0.05, 0.1) is 17.0 Å². The summed E-state index contributed by atoms with van der Waals surface area (Å²) in [4.78, 5) is 0. The summed E-state index contributed by atoms with van der Waals surface area (Å²) >= 11 is 0. The van der Waals surface area contributed by atoms with Gasteiger partial charge in [0.15, 0.2) is 0 Å². The topological polar surface area (TPSA) is 64.0 Å². The number of aromatic nitrogens is 2. The highest BCUT2D eigenvalue weighted by atomic mass is 32.2. The third kappa shape index (κ3) is 3.36. The summed E-state index contributed by atoms with van der Waals surface area (Å²) in [6.45, 7) is 0. The molecule has 1 fully saturated rings. The van der Waals surface area contributed by atoms with Gasteiger partial charge in [0.1, 0.15) is 9.84 Å². The van der Waals surface area contributed by atoms with Crippen LogP contribution in [0.1, 0.15) is 37.4 Å². The molecular formula is C13H23N3O2S. The van der Waals surface area contributed by atoms with Gasteiger partial charge in [-0.15, -0.1) is 0 Å². The van der Waals surface area contributed by atoms with Crippen LogP contribution in [-0.2, 0) is 16.9 Å². The third-order valence-electron chi connectivity index (χ3n) is 4.11. The van der Waals surface area contributed by atoms with Crippen molar-refractivity contribution in [2.24, 2.45) is 13.0 Å². The summed E-state index contributed by atoms with van der Waals surface area (Å²) in [6.07, 6.45) is 6.86. The quantitative estimate of drug-likeness (QED) is 0.905. The molecule has 3 unspecified atom stereocenters. The number of aryl methyl sites for hydroxylation is 1. The molecule has 1 aliphatic carbocycles. The summed E-state index contributed by atoms with van der Waals surface area (Å²) in [5.41, 5.74) is 1.00. The van der Waals surface area contributed by atoms with Crippen LogP contribution >= 0.6 is 0 Å². The van der Waals surface area contributed by atoms with Crippen molar-refractivity contribution in [3.63, 3.8) is 0 Å². The van der Waals surface area contributed by atoms with Crippen LogP contribution < -0.4 is 5.32 Å². The number of hydrogen-bond acceptors (Lipinski definition) is 4. The monoisotopic (exact) mass is 285 g/mol. The van der Waals surface area contributed by atoms with Gasteiger partial charge < -0.3 is 5.32 Å². The standard InChI is InChI=1S/C13H23N3O2S/c1-14-13(12-7-8-16(2)15-12)10-5-4-6-11(9-10)19(3,17)18/h7-8,10-11,13-14H,4-6,9H2,1-3H3. The van der Waals surface area contributed by atoms with Crippen LogP contribution in [0.25, 0.3) is 0 Å². The molecule has 1 aromatic heterocycles. The third-order valence-corrected chi connectivity index (χ3v) is 5.75. The Hall–Kier alpha value is -0.880. The van der Waals surface area contributed by atoms with Crippen molar-refractivity contribution >= 4 is 9.84 Å². The second-order valence-electron chi connectivity index (χ2n) is 5.56. The highest BCUT2D eigenvalue weighted by Crippen LogP contribution is 2.36. The minimum absolute atomic E-state index is 0.144. The van der Waals surface area contributed by atoms with E-state index in [0.717, 1.165) is 31.4 Å². The zero-order valence-electron chi connectivity index (χ0n) is 11.8. The normalized spacial score (nSPS) is 26.3. The maximum atomic E-state index is 11.7. The number of rotatable bonds is 4. The van der Waals surface area contributed by atoms with Crippen molar-refractivity contribution in [2.75, 3.05) is 13.3 Å². The fraction of sp³-hybridized carbons (Fsp3) is 0.769. The van der Waals surface area contributed by atoms with Crippen molar-refractivity contribution in [2.45, 2.75) is 37.0 Å². The molecule has 2 rings (SSSR count). The van der Waals surface area contributed by atoms with E-state index in [-0.39, 0.29) is 11.3 Å². The first kappa shape index (κ1) is 14.5. The Kier molecular flexibility index (Phi) is 4.30. The Morgan fingerprint density at radius 3 is 2.74 bits per heavy atom. The molecule has 0 bridgehead atoms. The molecule has 1 aliphatic rings. The molecule has 0 saturated heterocycles. The van der Waals surface area contributed by atoms with Crippen LogP contribution in [-0.4, -0.2) is 36.8 Å². The molecule has 5 nitrogen and oxygen atoms in total. The Morgan fingerprint density at radius 1 is 1.47 bits per heavy atom. The minimum atomic E-state index is -2.93. The predicted octanol–water partition coefficient (Wildman–Crippen LogP) is 1.28. The molecule has 1 aromatic rings. The van der Waals surface area contributed by atoms with E-state index >= 15 is 0 Å². The summed E-state index contributed by atoms with van der Waals surface area (Å²) in [5.74, 6) is 0.341. The number of sulfone groups is 1. The van der Waals surface area contributed by atoms with E-state index in [1.54, 1.807) is 4.68 Å². The first-order chi connectivity index (χ1) is 8.91. The molecule has 0 aliphatic heterocycles. The van der Waals surface area contributed by atoms with Gasteiger partial charge in [-0.05, 0) is 38.3 Å². The van der Waals surface area contributed by atoms with Crippen molar-refractivity contribution in [1.29, 1.82) is 0 Å². The molecule has 3 atom stereocenters.